The molecule has 50 valence electrons. The SMILES string of the molecule is C=C(C)CC1C=CCC1. The lowest BCUT2D eigenvalue weighted by Gasteiger charge is -2.04. The van der Waals surface area contributed by atoms with Gasteiger partial charge in [0.15, 0.2) is 0 Å². The number of rotatable bonds is 2. The Morgan fingerprint density at radius 2 is 2.56 bits per heavy atom. The largest absolute Gasteiger partial charge is 0.100 e. The van der Waals surface area contributed by atoms with Crippen molar-refractivity contribution in [3.8, 4) is 0 Å². The van der Waals surface area contributed by atoms with E-state index in [2.05, 4.69) is 25.7 Å². The highest BCUT2D eigenvalue weighted by Crippen LogP contribution is 2.22. The Morgan fingerprint density at radius 3 is 3.00 bits per heavy atom. The monoisotopic (exact) mass is 122 g/mol. The summed E-state index contributed by atoms with van der Waals surface area (Å²) in [5, 5.41) is 0. The Hall–Kier alpha value is -0.520. The van der Waals surface area contributed by atoms with Crippen molar-refractivity contribution >= 4 is 0 Å². The molecule has 0 heterocycles. The minimum atomic E-state index is 0.808. The maximum Gasteiger partial charge on any atom is -0.0194 e. The quantitative estimate of drug-likeness (QED) is 0.494. The molecule has 0 bridgehead atoms. The molecule has 0 nitrogen and oxygen atoms in total. The molecule has 0 aromatic rings. The van der Waals surface area contributed by atoms with Gasteiger partial charge in [-0.05, 0) is 32.1 Å². The summed E-state index contributed by atoms with van der Waals surface area (Å²) >= 11 is 0. The summed E-state index contributed by atoms with van der Waals surface area (Å²) in [6, 6.07) is 0. The molecule has 1 rings (SSSR count). The van der Waals surface area contributed by atoms with Gasteiger partial charge in [-0.25, -0.2) is 0 Å². The Kier molecular flexibility index (Phi) is 2.10. The van der Waals surface area contributed by atoms with Crippen molar-refractivity contribution in [2.75, 3.05) is 0 Å². The Balaban J connectivity index is 2.28. The van der Waals surface area contributed by atoms with Gasteiger partial charge in [-0.2, -0.15) is 0 Å². The van der Waals surface area contributed by atoms with Crippen molar-refractivity contribution in [2.24, 2.45) is 5.92 Å². The summed E-state index contributed by atoms with van der Waals surface area (Å²) in [6.45, 7) is 5.99. The highest BCUT2D eigenvalue weighted by atomic mass is 14.1. The molecule has 0 fully saturated rings. The summed E-state index contributed by atoms with van der Waals surface area (Å²) < 4.78 is 0. The molecule has 0 heteroatoms. The predicted octanol–water partition coefficient (Wildman–Crippen LogP) is 2.92. The highest BCUT2D eigenvalue weighted by molar-refractivity contribution is 5.02. The number of hydrogen-bond donors (Lipinski definition) is 0. The molecule has 0 N–H and O–H groups in total. The van der Waals surface area contributed by atoms with Crippen LogP contribution in [0.5, 0.6) is 0 Å². The van der Waals surface area contributed by atoms with E-state index >= 15 is 0 Å². The fraction of sp³-hybridized carbons (Fsp3) is 0.556. The van der Waals surface area contributed by atoms with Gasteiger partial charge in [0.1, 0.15) is 0 Å². The minimum Gasteiger partial charge on any atom is -0.100 e. The van der Waals surface area contributed by atoms with Crippen molar-refractivity contribution in [1.29, 1.82) is 0 Å². The van der Waals surface area contributed by atoms with Crippen molar-refractivity contribution < 1.29 is 0 Å². The second-order valence-electron chi connectivity index (χ2n) is 2.93. The second-order valence-corrected chi connectivity index (χ2v) is 2.93. The number of hydrogen-bond acceptors (Lipinski definition) is 0. The highest BCUT2D eigenvalue weighted by Gasteiger charge is 2.07. The van der Waals surface area contributed by atoms with Crippen LogP contribution >= 0.6 is 0 Å². The fourth-order valence-electron chi connectivity index (χ4n) is 1.31. The molecule has 0 spiro atoms. The van der Waals surface area contributed by atoms with Gasteiger partial charge in [0, 0.05) is 0 Å². The van der Waals surface area contributed by atoms with Gasteiger partial charge >= 0.3 is 0 Å². The predicted molar refractivity (Wildman–Crippen MR) is 41.3 cm³/mol. The average Bonchev–Trinajstić information content (AvgIpc) is 2.15. The molecule has 1 aliphatic rings. The molecule has 0 saturated carbocycles. The van der Waals surface area contributed by atoms with E-state index in [1.54, 1.807) is 0 Å². The molecule has 0 saturated heterocycles. The zero-order valence-electron chi connectivity index (χ0n) is 6.06. The Morgan fingerprint density at radius 1 is 1.78 bits per heavy atom. The molecule has 1 unspecified atom stereocenters. The first-order chi connectivity index (χ1) is 4.29. The van der Waals surface area contributed by atoms with Crippen molar-refractivity contribution in [3.05, 3.63) is 24.3 Å². The van der Waals surface area contributed by atoms with Crippen LogP contribution in [-0.4, -0.2) is 0 Å². The first-order valence-corrected chi connectivity index (χ1v) is 3.60. The lowest BCUT2D eigenvalue weighted by molar-refractivity contribution is 0.627. The van der Waals surface area contributed by atoms with Crippen molar-refractivity contribution in [1.82, 2.24) is 0 Å². The molecule has 0 aliphatic heterocycles. The van der Waals surface area contributed by atoms with Crippen LogP contribution < -0.4 is 0 Å². The van der Waals surface area contributed by atoms with E-state index in [1.165, 1.54) is 24.8 Å². The second kappa shape index (κ2) is 2.86. The van der Waals surface area contributed by atoms with Gasteiger partial charge in [0.05, 0.1) is 0 Å². The Labute approximate surface area is 57.3 Å². The van der Waals surface area contributed by atoms with Crippen LogP contribution in [0.1, 0.15) is 26.2 Å². The minimum absolute atomic E-state index is 0.808. The van der Waals surface area contributed by atoms with E-state index in [9.17, 15) is 0 Å². The van der Waals surface area contributed by atoms with Gasteiger partial charge in [-0.3, -0.25) is 0 Å². The van der Waals surface area contributed by atoms with E-state index in [1.807, 2.05) is 0 Å². The fourth-order valence-corrected chi connectivity index (χ4v) is 1.31. The van der Waals surface area contributed by atoms with Gasteiger partial charge in [0.25, 0.3) is 0 Å². The Bertz CT molecular complexity index is 131. The van der Waals surface area contributed by atoms with E-state index in [0.717, 1.165) is 5.92 Å². The smallest absolute Gasteiger partial charge is 0.0194 e. The normalized spacial score (nSPS) is 24.8. The zero-order chi connectivity index (χ0) is 6.69. The third-order valence-corrected chi connectivity index (χ3v) is 1.72. The van der Waals surface area contributed by atoms with Crippen LogP contribution in [0.3, 0.4) is 0 Å². The molecular weight excluding hydrogens is 108 g/mol. The van der Waals surface area contributed by atoms with E-state index < -0.39 is 0 Å². The molecule has 1 aliphatic carbocycles. The third kappa shape index (κ3) is 2.05. The molecule has 0 aromatic heterocycles. The maximum atomic E-state index is 3.88. The molecule has 0 radical (unpaired) electrons. The topological polar surface area (TPSA) is 0 Å². The standard InChI is InChI=1S/C9H14/c1-8(2)7-9-5-3-4-6-9/h3,5,9H,1,4,6-7H2,2H3. The van der Waals surface area contributed by atoms with Gasteiger partial charge in [-0.1, -0.05) is 17.7 Å². The van der Waals surface area contributed by atoms with Gasteiger partial charge < -0.3 is 0 Å². The summed E-state index contributed by atoms with van der Waals surface area (Å²) in [7, 11) is 0. The number of allylic oxidation sites excluding steroid dienone is 3. The first-order valence-electron chi connectivity index (χ1n) is 3.60. The van der Waals surface area contributed by atoms with Crippen LogP contribution in [-0.2, 0) is 0 Å². The van der Waals surface area contributed by atoms with Crippen LogP contribution in [0.15, 0.2) is 24.3 Å². The van der Waals surface area contributed by atoms with Crippen molar-refractivity contribution in [2.45, 2.75) is 26.2 Å². The summed E-state index contributed by atoms with van der Waals surface area (Å²) in [6.07, 6.45) is 8.39. The average molecular weight is 122 g/mol. The third-order valence-electron chi connectivity index (χ3n) is 1.72. The molecular formula is C9H14. The molecule has 0 aromatic carbocycles. The lowest BCUT2D eigenvalue weighted by Crippen LogP contribution is -1.90. The summed E-state index contributed by atoms with van der Waals surface area (Å²) in [5.74, 6) is 0.808. The maximum absolute atomic E-state index is 3.88. The van der Waals surface area contributed by atoms with Crippen LogP contribution in [0.2, 0.25) is 0 Å². The lowest BCUT2D eigenvalue weighted by atomic mass is 10.0. The van der Waals surface area contributed by atoms with E-state index in [-0.39, 0.29) is 0 Å². The zero-order valence-corrected chi connectivity index (χ0v) is 6.06. The molecule has 0 amide bonds. The summed E-state index contributed by atoms with van der Waals surface area (Å²) in [4.78, 5) is 0. The van der Waals surface area contributed by atoms with Gasteiger partial charge in [-0.15, -0.1) is 6.58 Å². The molecule has 1 atom stereocenters. The van der Waals surface area contributed by atoms with E-state index in [4.69, 9.17) is 0 Å². The molecule has 9 heavy (non-hydrogen) atoms. The van der Waals surface area contributed by atoms with E-state index in [0.29, 0.717) is 0 Å². The first kappa shape index (κ1) is 6.60. The van der Waals surface area contributed by atoms with Crippen LogP contribution in [0.4, 0.5) is 0 Å². The van der Waals surface area contributed by atoms with Crippen LogP contribution in [0, 0.1) is 5.92 Å². The van der Waals surface area contributed by atoms with Crippen molar-refractivity contribution in [3.63, 3.8) is 0 Å². The van der Waals surface area contributed by atoms with Gasteiger partial charge in [0.2, 0.25) is 0 Å². The van der Waals surface area contributed by atoms with Crippen LogP contribution in [0.25, 0.3) is 0 Å². The summed E-state index contributed by atoms with van der Waals surface area (Å²) in [5.41, 5.74) is 1.31.